The SMILES string of the molecule is CC(CC#N)NC(=O)C(N)Cc1c[nH]c2ccccc12. The molecule has 4 N–H and O–H groups in total. The molecule has 2 unspecified atom stereocenters. The number of nitrogens with two attached hydrogens (primary N) is 1. The predicted octanol–water partition coefficient (Wildman–Crippen LogP) is 1.46. The lowest BCUT2D eigenvalue weighted by atomic mass is 10.0. The van der Waals surface area contributed by atoms with Crippen LogP contribution in [0.5, 0.6) is 0 Å². The molecule has 0 fully saturated rings. The zero-order valence-electron chi connectivity index (χ0n) is 11.4. The van der Waals surface area contributed by atoms with E-state index in [1.54, 1.807) is 6.92 Å². The molecule has 0 spiro atoms. The summed E-state index contributed by atoms with van der Waals surface area (Å²) in [6, 6.07) is 9.13. The molecule has 0 aliphatic heterocycles. The van der Waals surface area contributed by atoms with E-state index in [1.165, 1.54) is 0 Å². The molecular weight excluding hydrogens is 252 g/mol. The number of aromatic nitrogens is 1. The second-order valence-corrected chi connectivity index (χ2v) is 4.94. The Balaban J connectivity index is 2.02. The lowest BCUT2D eigenvalue weighted by Gasteiger charge is -2.15. The van der Waals surface area contributed by atoms with Gasteiger partial charge in [-0.15, -0.1) is 0 Å². The van der Waals surface area contributed by atoms with Crippen LogP contribution in [0.15, 0.2) is 30.5 Å². The van der Waals surface area contributed by atoms with Crippen molar-refractivity contribution < 1.29 is 4.79 Å². The highest BCUT2D eigenvalue weighted by Crippen LogP contribution is 2.18. The van der Waals surface area contributed by atoms with Crippen molar-refractivity contribution in [2.75, 3.05) is 0 Å². The number of hydrogen-bond acceptors (Lipinski definition) is 3. The number of fused-ring (bicyclic) bond motifs is 1. The van der Waals surface area contributed by atoms with E-state index >= 15 is 0 Å². The van der Waals surface area contributed by atoms with Crippen LogP contribution < -0.4 is 11.1 Å². The molecule has 5 heteroatoms. The van der Waals surface area contributed by atoms with Gasteiger partial charge in [-0.1, -0.05) is 18.2 Å². The topological polar surface area (TPSA) is 94.7 Å². The van der Waals surface area contributed by atoms with Gasteiger partial charge < -0.3 is 16.0 Å². The van der Waals surface area contributed by atoms with Gasteiger partial charge in [0.15, 0.2) is 0 Å². The molecule has 0 bridgehead atoms. The van der Waals surface area contributed by atoms with E-state index in [-0.39, 0.29) is 18.4 Å². The maximum Gasteiger partial charge on any atom is 0.237 e. The number of amides is 1. The molecule has 2 atom stereocenters. The first-order chi connectivity index (χ1) is 9.61. The summed E-state index contributed by atoms with van der Waals surface area (Å²) < 4.78 is 0. The first kappa shape index (κ1) is 14.1. The van der Waals surface area contributed by atoms with Crippen LogP contribution in [0, 0.1) is 11.3 Å². The molecule has 1 amide bonds. The fourth-order valence-electron chi connectivity index (χ4n) is 2.17. The van der Waals surface area contributed by atoms with Crippen LogP contribution in [0.1, 0.15) is 18.9 Å². The highest BCUT2D eigenvalue weighted by Gasteiger charge is 2.17. The Labute approximate surface area is 117 Å². The van der Waals surface area contributed by atoms with Crippen molar-refractivity contribution in [2.24, 2.45) is 5.73 Å². The summed E-state index contributed by atoms with van der Waals surface area (Å²) in [5, 5.41) is 12.4. The number of carbonyl (C=O) groups excluding carboxylic acids is 1. The molecule has 1 aromatic heterocycles. The zero-order valence-corrected chi connectivity index (χ0v) is 11.4. The number of nitrogens with zero attached hydrogens (tertiary/aromatic N) is 1. The molecule has 0 aliphatic carbocycles. The summed E-state index contributed by atoms with van der Waals surface area (Å²) in [4.78, 5) is 15.1. The van der Waals surface area contributed by atoms with E-state index in [0.29, 0.717) is 6.42 Å². The number of aromatic amines is 1. The van der Waals surface area contributed by atoms with Crippen LogP contribution in [0.2, 0.25) is 0 Å². The number of carbonyl (C=O) groups is 1. The molecule has 0 radical (unpaired) electrons. The van der Waals surface area contributed by atoms with Gasteiger partial charge in [0.05, 0.1) is 18.5 Å². The number of H-pyrrole nitrogens is 1. The Morgan fingerprint density at radius 3 is 3.00 bits per heavy atom. The lowest BCUT2D eigenvalue weighted by molar-refractivity contribution is -0.122. The Morgan fingerprint density at radius 1 is 1.50 bits per heavy atom. The highest BCUT2D eigenvalue weighted by atomic mass is 16.2. The Hall–Kier alpha value is -2.32. The number of nitrogens with one attached hydrogen (secondary N) is 2. The Morgan fingerprint density at radius 2 is 2.25 bits per heavy atom. The van der Waals surface area contributed by atoms with Crippen molar-refractivity contribution in [1.82, 2.24) is 10.3 Å². The van der Waals surface area contributed by atoms with Gasteiger partial charge in [-0.05, 0) is 25.0 Å². The van der Waals surface area contributed by atoms with Gasteiger partial charge in [0, 0.05) is 23.1 Å². The number of para-hydroxylation sites is 1. The van der Waals surface area contributed by atoms with Crippen molar-refractivity contribution in [3.8, 4) is 6.07 Å². The summed E-state index contributed by atoms with van der Waals surface area (Å²) in [6.07, 6.45) is 2.64. The lowest BCUT2D eigenvalue weighted by Crippen LogP contribution is -2.45. The van der Waals surface area contributed by atoms with Gasteiger partial charge in [-0.25, -0.2) is 0 Å². The molecule has 104 valence electrons. The van der Waals surface area contributed by atoms with Gasteiger partial charge >= 0.3 is 0 Å². The molecule has 5 nitrogen and oxygen atoms in total. The summed E-state index contributed by atoms with van der Waals surface area (Å²) >= 11 is 0. The number of rotatable bonds is 5. The average molecular weight is 270 g/mol. The molecule has 0 saturated heterocycles. The molecule has 1 aromatic carbocycles. The fraction of sp³-hybridized carbons (Fsp3) is 0.333. The normalized spacial score (nSPS) is 13.7. The smallest absolute Gasteiger partial charge is 0.237 e. The van der Waals surface area contributed by atoms with Gasteiger partial charge in [0.1, 0.15) is 0 Å². The quantitative estimate of drug-likeness (QED) is 0.767. The van der Waals surface area contributed by atoms with Gasteiger partial charge in [-0.3, -0.25) is 4.79 Å². The molecular formula is C15H18N4O. The van der Waals surface area contributed by atoms with E-state index in [9.17, 15) is 4.79 Å². The van der Waals surface area contributed by atoms with E-state index in [4.69, 9.17) is 11.0 Å². The first-order valence-electron chi connectivity index (χ1n) is 6.59. The van der Waals surface area contributed by atoms with Crippen LogP contribution in [0.4, 0.5) is 0 Å². The zero-order chi connectivity index (χ0) is 14.5. The molecule has 20 heavy (non-hydrogen) atoms. The van der Waals surface area contributed by atoms with E-state index in [0.717, 1.165) is 16.5 Å². The van der Waals surface area contributed by atoms with Gasteiger partial charge in [0.25, 0.3) is 0 Å². The minimum absolute atomic E-state index is 0.179. The minimum atomic E-state index is -0.615. The van der Waals surface area contributed by atoms with Crippen LogP contribution in [0.3, 0.4) is 0 Å². The maximum atomic E-state index is 11.9. The van der Waals surface area contributed by atoms with Crippen molar-refractivity contribution in [2.45, 2.75) is 31.8 Å². The summed E-state index contributed by atoms with van der Waals surface area (Å²) in [6.45, 7) is 1.79. The average Bonchev–Trinajstić information content (AvgIpc) is 2.82. The molecule has 1 heterocycles. The van der Waals surface area contributed by atoms with Crippen LogP contribution in [-0.4, -0.2) is 23.0 Å². The van der Waals surface area contributed by atoms with Crippen molar-refractivity contribution in [3.63, 3.8) is 0 Å². The maximum absolute atomic E-state index is 11.9. The largest absolute Gasteiger partial charge is 0.361 e. The number of nitriles is 1. The molecule has 0 aliphatic rings. The monoisotopic (exact) mass is 270 g/mol. The van der Waals surface area contributed by atoms with Crippen molar-refractivity contribution >= 4 is 16.8 Å². The van der Waals surface area contributed by atoms with E-state index < -0.39 is 6.04 Å². The van der Waals surface area contributed by atoms with Crippen molar-refractivity contribution in [1.29, 1.82) is 5.26 Å². The van der Waals surface area contributed by atoms with Gasteiger partial charge in [0.2, 0.25) is 5.91 Å². The van der Waals surface area contributed by atoms with E-state index in [2.05, 4.69) is 10.3 Å². The predicted molar refractivity (Wildman–Crippen MR) is 77.8 cm³/mol. The summed E-state index contributed by atoms with van der Waals surface area (Å²) in [5.74, 6) is -0.224. The fourth-order valence-corrected chi connectivity index (χ4v) is 2.17. The number of benzene rings is 1. The highest BCUT2D eigenvalue weighted by molar-refractivity contribution is 5.86. The Bertz CT molecular complexity index is 641. The standard InChI is InChI=1S/C15H18N4O/c1-10(6-7-16)19-15(20)13(17)8-11-9-18-14-5-3-2-4-12(11)14/h2-5,9-10,13,18H,6,8,17H2,1H3,(H,19,20). The third-order valence-corrected chi connectivity index (χ3v) is 3.24. The second kappa shape index (κ2) is 6.22. The molecule has 0 saturated carbocycles. The van der Waals surface area contributed by atoms with E-state index in [1.807, 2.05) is 36.5 Å². The summed E-state index contributed by atoms with van der Waals surface area (Å²) in [7, 11) is 0. The van der Waals surface area contributed by atoms with Crippen molar-refractivity contribution in [3.05, 3.63) is 36.0 Å². The second-order valence-electron chi connectivity index (χ2n) is 4.94. The third kappa shape index (κ3) is 3.16. The number of hydrogen-bond donors (Lipinski definition) is 3. The Kier molecular flexibility index (Phi) is 4.38. The molecule has 2 rings (SSSR count). The van der Waals surface area contributed by atoms with Crippen LogP contribution in [-0.2, 0) is 11.2 Å². The summed E-state index contributed by atoms with van der Waals surface area (Å²) in [5.41, 5.74) is 7.99. The minimum Gasteiger partial charge on any atom is -0.361 e. The van der Waals surface area contributed by atoms with Gasteiger partial charge in [-0.2, -0.15) is 5.26 Å². The van der Waals surface area contributed by atoms with Crippen LogP contribution >= 0.6 is 0 Å². The first-order valence-corrected chi connectivity index (χ1v) is 6.59. The third-order valence-electron chi connectivity index (χ3n) is 3.24. The molecule has 2 aromatic rings. The van der Waals surface area contributed by atoms with Crippen LogP contribution in [0.25, 0.3) is 10.9 Å².